The van der Waals surface area contributed by atoms with E-state index in [1.807, 2.05) is 12.1 Å². The highest BCUT2D eigenvalue weighted by atomic mass is 19.4. The first-order chi connectivity index (χ1) is 12.8. The third-order valence-electron chi connectivity index (χ3n) is 4.89. The summed E-state index contributed by atoms with van der Waals surface area (Å²) in [6, 6.07) is 7.40. The van der Waals surface area contributed by atoms with E-state index in [0.29, 0.717) is 6.07 Å². The van der Waals surface area contributed by atoms with Crippen molar-refractivity contribution in [2.45, 2.75) is 51.2 Å². The number of aromatic nitrogens is 1. The highest BCUT2D eigenvalue weighted by molar-refractivity contribution is 5.94. The van der Waals surface area contributed by atoms with Crippen molar-refractivity contribution in [1.82, 2.24) is 10.3 Å². The second-order valence-corrected chi connectivity index (χ2v) is 6.77. The number of H-pyrrole nitrogens is 1. The van der Waals surface area contributed by atoms with Crippen molar-refractivity contribution in [3.63, 3.8) is 0 Å². The number of carbonyl (C=O) groups excluding carboxylic acids is 1. The van der Waals surface area contributed by atoms with Crippen LogP contribution in [0.25, 0.3) is 0 Å². The minimum absolute atomic E-state index is 0.250. The van der Waals surface area contributed by atoms with Gasteiger partial charge in [0, 0.05) is 0 Å². The molecule has 1 atom stereocenters. The molecule has 0 radical (unpaired) electrons. The molecule has 1 aromatic carbocycles. The Morgan fingerprint density at radius 3 is 2.70 bits per heavy atom. The number of halogens is 3. The molecule has 1 aliphatic carbocycles. The van der Waals surface area contributed by atoms with Gasteiger partial charge in [0.15, 0.2) is 0 Å². The SMILES string of the molecule is CCCc1cccc2c1CCCC2NC(=O)c1ccc(C(F)(F)F)[nH]c1=O. The molecule has 144 valence electrons. The number of carbonyl (C=O) groups is 1. The second kappa shape index (κ2) is 7.58. The Labute approximate surface area is 154 Å². The molecule has 4 nitrogen and oxygen atoms in total. The predicted octanol–water partition coefficient (Wildman–Crippen LogP) is 4.15. The Kier molecular flexibility index (Phi) is 5.39. The fourth-order valence-electron chi connectivity index (χ4n) is 3.63. The largest absolute Gasteiger partial charge is 0.431 e. The van der Waals surface area contributed by atoms with Gasteiger partial charge in [-0.05, 0) is 54.5 Å². The summed E-state index contributed by atoms with van der Waals surface area (Å²) < 4.78 is 38.0. The van der Waals surface area contributed by atoms with Gasteiger partial charge in [-0.3, -0.25) is 9.59 Å². The van der Waals surface area contributed by atoms with E-state index in [2.05, 4.69) is 18.3 Å². The number of aryl methyl sites for hydroxylation is 1. The molecule has 1 aliphatic rings. The van der Waals surface area contributed by atoms with Gasteiger partial charge in [0.05, 0.1) is 6.04 Å². The van der Waals surface area contributed by atoms with E-state index in [-0.39, 0.29) is 11.6 Å². The summed E-state index contributed by atoms with van der Waals surface area (Å²) in [5.74, 6) is -0.663. The molecular weight excluding hydrogens is 357 g/mol. The minimum Gasteiger partial charge on any atom is -0.345 e. The standard InChI is InChI=1S/C20H21F3N2O2/c1-2-5-12-6-3-8-14-13(12)7-4-9-16(14)24-18(26)15-10-11-17(20(21,22)23)25-19(15)27/h3,6,8,10-11,16H,2,4-5,7,9H2,1H3,(H,24,26)(H,25,27). The van der Waals surface area contributed by atoms with E-state index >= 15 is 0 Å². The molecule has 0 bridgehead atoms. The van der Waals surface area contributed by atoms with E-state index in [4.69, 9.17) is 0 Å². The number of nitrogens with one attached hydrogen (secondary N) is 2. The van der Waals surface area contributed by atoms with E-state index in [1.54, 1.807) is 4.98 Å². The zero-order valence-electron chi connectivity index (χ0n) is 15.0. The Morgan fingerprint density at radius 2 is 2.04 bits per heavy atom. The van der Waals surface area contributed by atoms with Gasteiger partial charge >= 0.3 is 6.18 Å². The highest BCUT2D eigenvalue weighted by Crippen LogP contribution is 2.32. The van der Waals surface area contributed by atoms with Crippen molar-refractivity contribution in [3.8, 4) is 0 Å². The third-order valence-corrected chi connectivity index (χ3v) is 4.89. The maximum absolute atomic E-state index is 12.7. The van der Waals surface area contributed by atoms with Crippen molar-refractivity contribution in [3.05, 3.63) is 68.6 Å². The van der Waals surface area contributed by atoms with E-state index in [1.165, 1.54) is 11.1 Å². The summed E-state index contributed by atoms with van der Waals surface area (Å²) in [6.07, 6.45) is -0.101. The number of hydrogen-bond acceptors (Lipinski definition) is 2. The van der Waals surface area contributed by atoms with E-state index in [9.17, 15) is 22.8 Å². The molecule has 1 heterocycles. The van der Waals surface area contributed by atoms with E-state index in [0.717, 1.165) is 43.7 Å². The van der Waals surface area contributed by atoms with Crippen LogP contribution in [-0.2, 0) is 19.0 Å². The van der Waals surface area contributed by atoms with Crippen LogP contribution >= 0.6 is 0 Å². The normalized spacial score (nSPS) is 16.7. The molecule has 7 heteroatoms. The maximum atomic E-state index is 12.7. The number of pyridine rings is 1. The molecule has 1 unspecified atom stereocenters. The molecule has 0 fully saturated rings. The van der Waals surface area contributed by atoms with Crippen LogP contribution in [0.15, 0.2) is 35.1 Å². The summed E-state index contributed by atoms with van der Waals surface area (Å²) in [5, 5.41) is 2.82. The molecule has 2 N–H and O–H groups in total. The lowest BCUT2D eigenvalue weighted by molar-refractivity contribution is -0.141. The molecule has 27 heavy (non-hydrogen) atoms. The number of benzene rings is 1. The fraction of sp³-hybridized carbons (Fsp3) is 0.400. The zero-order valence-corrected chi connectivity index (χ0v) is 15.0. The van der Waals surface area contributed by atoms with Crippen molar-refractivity contribution in [2.24, 2.45) is 0 Å². The van der Waals surface area contributed by atoms with Crippen molar-refractivity contribution in [1.29, 1.82) is 0 Å². The van der Waals surface area contributed by atoms with Gasteiger partial charge in [-0.2, -0.15) is 13.2 Å². The smallest absolute Gasteiger partial charge is 0.345 e. The molecule has 1 amide bonds. The van der Waals surface area contributed by atoms with Crippen molar-refractivity contribution >= 4 is 5.91 Å². The van der Waals surface area contributed by atoms with Gasteiger partial charge in [0.2, 0.25) is 0 Å². The van der Waals surface area contributed by atoms with Crippen LogP contribution in [0.1, 0.15) is 65.0 Å². The molecule has 0 saturated heterocycles. The van der Waals surface area contributed by atoms with Crippen LogP contribution in [0.2, 0.25) is 0 Å². The number of hydrogen-bond donors (Lipinski definition) is 2. The number of fused-ring (bicyclic) bond motifs is 1. The van der Waals surface area contributed by atoms with Gasteiger partial charge in [-0.1, -0.05) is 31.5 Å². The van der Waals surface area contributed by atoms with Crippen molar-refractivity contribution < 1.29 is 18.0 Å². The summed E-state index contributed by atoms with van der Waals surface area (Å²) in [5.41, 5.74) is 0.997. The van der Waals surface area contributed by atoms with Crippen LogP contribution in [0.4, 0.5) is 13.2 Å². The summed E-state index contributed by atoms with van der Waals surface area (Å²) in [7, 11) is 0. The van der Waals surface area contributed by atoms with E-state index < -0.39 is 23.3 Å². The highest BCUT2D eigenvalue weighted by Gasteiger charge is 2.32. The number of aromatic amines is 1. The Hall–Kier alpha value is -2.57. The van der Waals surface area contributed by atoms with Crippen LogP contribution < -0.4 is 10.9 Å². The minimum atomic E-state index is -4.66. The molecule has 3 rings (SSSR count). The van der Waals surface area contributed by atoms with Crippen molar-refractivity contribution in [2.75, 3.05) is 0 Å². The third kappa shape index (κ3) is 4.07. The number of rotatable bonds is 4. The van der Waals surface area contributed by atoms with Crippen LogP contribution in [0, 0.1) is 0 Å². The molecule has 0 aliphatic heterocycles. The van der Waals surface area contributed by atoms with Gasteiger partial charge in [0.25, 0.3) is 11.5 Å². The van der Waals surface area contributed by atoms with Crippen LogP contribution in [0.5, 0.6) is 0 Å². The summed E-state index contributed by atoms with van der Waals surface area (Å²) >= 11 is 0. The molecule has 0 spiro atoms. The monoisotopic (exact) mass is 378 g/mol. The van der Waals surface area contributed by atoms with Gasteiger partial charge in [-0.25, -0.2) is 0 Å². The summed E-state index contributed by atoms with van der Waals surface area (Å²) in [6.45, 7) is 2.11. The molecule has 2 aromatic rings. The van der Waals surface area contributed by atoms with Crippen LogP contribution in [0.3, 0.4) is 0 Å². The number of amides is 1. The first-order valence-electron chi connectivity index (χ1n) is 9.03. The average molecular weight is 378 g/mol. The molecule has 0 saturated carbocycles. The van der Waals surface area contributed by atoms with Gasteiger partial charge < -0.3 is 10.3 Å². The average Bonchev–Trinajstić information content (AvgIpc) is 2.61. The fourth-order valence-corrected chi connectivity index (χ4v) is 3.63. The Morgan fingerprint density at radius 1 is 1.26 bits per heavy atom. The first-order valence-corrected chi connectivity index (χ1v) is 9.03. The molecular formula is C20H21F3N2O2. The number of alkyl halides is 3. The second-order valence-electron chi connectivity index (χ2n) is 6.77. The summed E-state index contributed by atoms with van der Waals surface area (Å²) in [4.78, 5) is 26.2. The Bertz CT molecular complexity index is 903. The Balaban J connectivity index is 1.84. The first kappa shape index (κ1) is 19.2. The quantitative estimate of drug-likeness (QED) is 0.839. The zero-order chi connectivity index (χ0) is 19.6. The van der Waals surface area contributed by atoms with Gasteiger partial charge in [-0.15, -0.1) is 0 Å². The lowest BCUT2D eigenvalue weighted by Gasteiger charge is -2.28. The van der Waals surface area contributed by atoms with Crippen LogP contribution in [-0.4, -0.2) is 10.9 Å². The lowest BCUT2D eigenvalue weighted by atomic mass is 9.83. The predicted molar refractivity (Wildman–Crippen MR) is 95.6 cm³/mol. The van der Waals surface area contributed by atoms with Gasteiger partial charge in [0.1, 0.15) is 11.3 Å². The lowest BCUT2D eigenvalue weighted by Crippen LogP contribution is -2.35. The topological polar surface area (TPSA) is 62.0 Å². The maximum Gasteiger partial charge on any atom is 0.431 e. The molecule has 1 aromatic heterocycles.